The fourth-order valence-electron chi connectivity index (χ4n) is 6.13. The third-order valence-electron chi connectivity index (χ3n) is 7.62. The Bertz CT molecular complexity index is 851. The molecule has 3 fully saturated rings. The molecule has 4 aliphatic rings. The van der Waals surface area contributed by atoms with Crippen molar-refractivity contribution >= 4 is 11.7 Å². The SMILES string of the molecule is CC(=O)NC1CC2(O)C3Cc4ccc(O)cc4C2(CCN3CC2CC2)CC1=O. The van der Waals surface area contributed by atoms with E-state index >= 15 is 0 Å². The molecule has 2 bridgehead atoms. The van der Waals surface area contributed by atoms with Crippen LogP contribution in [-0.2, 0) is 21.4 Å². The molecule has 5 rings (SSSR count). The number of fused-ring (bicyclic) bond motifs is 1. The van der Waals surface area contributed by atoms with Crippen molar-refractivity contribution in [1.29, 1.82) is 0 Å². The van der Waals surface area contributed by atoms with Crippen LogP contribution in [-0.4, -0.2) is 57.6 Å². The number of ketones is 1. The van der Waals surface area contributed by atoms with Gasteiger partial charge in [-0.3, -0.25) is 14.5 Å². The zero-order valence-electron chi connectivity index (χ0n) is 16.3. The third-order valence-corrected chi connectivity index (χ3v) is 7.62. The Kier molecular flexibility index (Phi) is 3.91. The molecule has 1 aromatic carbocycles. The molecule has 2 saturated carbocycles. The van der Waals surface area contributed by atoms with E-state index in [0.29, 0.717) is 18.8 Å². The lowest BCUT2D eigenvalue weighted by molar-refractivity contribution is -0.178. The molecule has 1 aromatic rings. The van der Waals surface area contributed by atoms with Gasteiger partial charge in [0.05, 0.1) is 11.6 Å². The molecule has 1 saturated heterocycles. The highest BCUT2D eigenvalue weighted by atomic mass is 16.3. The summed E-state index contributed by atoms with van der Waals surface area (Å²) >= 11 is 0. The van der Waals surface area contributed by atoms with Crippen LogP contribution < -0.4 is 5.32 Å². The Labute approximate surface area is 164 Å². The first-order chi connectivity index (χ1) is 13.3. The normalized spacial score (nSPS) is 37.1. The second-order valence-electron chi connectivity index (χ2n) is 9.36. The lowest BCUT2D eigenvalue weighted by Crippen LogP contribution is -2.76. The Morgan fingerprint density at radius 2 is 2.14 bits per heavy atom. The zero-order chi connectivity index (χ0) is 19.7. The van der Waals surface area contributed by atoms with Crippen LogP contribution in [0, 0.1) is 5.92 Å². The molecule has 28 heavy (non-hydrogen) atoms. The number of hydrogen-bond donors (Lipinski definition) is 3. The van der Waals surface area contributed by atoms with Crippen molar-refractivity contribution in [2.75, 3.05) is 13.1 Å². The topological polar surface area (TPSA) is 89.9 Å². The van der Waals surface area contributed by atoms with Crippen molar-refractivity contribution in [3.05, 3.63) is 29.3 Å². The fraction of sp³-hybridized carbons (Fsp3) is 0.636. The summed E-state index contributed by atoms with van der Waals surface area (Å²) in [6.45, 7) is 3.27. The van der Waals surface area contributed by atoms with E-state index in [4.69, 9.17) is 0 Å². The van der Waals surface area contributed by atoms with E-state index in [0.717, 1.165) is 24.2 Å². The monoisotopic (exact) mass is 384 g/mol. The maximum Gasteiger partial charge on any atom is 0.217 e. The van der Waals surface area contributed by atoms with Crippen LogP contribution in [0.4, 0.5) is 0 Å². The summed E-state index contributed by atoms with van der Waals surface area (Å²) in [5.74, 6) is 0.622. The van der Waals surface area contributed by atoms with Gasteiger partial charge in [-0.05, 0) is 61.4 Å². The summed E-state index contributed by atoms with van der Waals surface area (Å²) in [6, 6.07) is 4.69. The number of benzene rings is 1. The van der Waals surface area contributed by atoms with Crippen molar-refractivity contribution in [3.8, 4) is 5.75 Å². The van der Waals surface area contributed by atoms with Gasteiger partial charge in [-0.1, -0.05) is 6.07 Å². The molecule has 1 amide bonds. The summed E-state index contributed by atoms with van der Waals surface area (Å²) in [4.78, 5) is 27.0. The zero-order valence-corrected chi connectivity index (χ0v) is 16.3. The summed E-state index contributed by atoms with van der Waals surface area (Å²) in [5.41, 5.74) is 0.267. The van der Waals surface area contributed by atoms with Crippen molar-refractivity contribution in [2.24, 2.45) is 5.92 Å². The van der Waals surface area contributed by atoms with E-state index in [9.17, 15) is 19.8 Å². The highest BCUT2D eigenvalue weighted by Gasteiger charge is 2.66. The molecular formula is C22H28N2O4. The van der Waals surface area contributed by atoms with Crippen molar-refractivity contribution < 1.29 is 19.8 Å². The smallest absolute Gasteiger partial charge is 0.217 e. The van der Waals surface area contributed by atoms with Crippen LogP contribution in [0.5, 0.6) is 5.75 Å². The second kappa shape index (κ2) is 6.04. The number of aliphatic hydroxyl groups is 1. The third kappa shape index (κ3) is 2.54. The average Bonchev–Trinajstić information content (AvgIpc) is 3.43. The number of rotatable bonds is 3. The average molecular weight is 384 g/mol. The van der Waals surface area contributed by atoms with E-state index in [-0.39, 0.29) is 36.3 Å². The number of phenolic OH excluding ortho intramolecular Hbond substituents is 1. The van der Waals surface area contributed by atoms with Crippen LogP contribution in [0.2, 0.25) is 0 Å². The molecular weight excluding hydrogens is 356 g/mol. The molecule has 0 radical (unpaired) electrons. The van der Waals surface area contributed by atoms with Crippen LogP contribution in [0.3, 0.4) is 0 Å². The van der Waals surface area contributed by atoms with Gasteiger partial charge in [0.25, 0.3) is 0 Å². The Morgan fingerprint density at radius 3 is 2.86 bits per heavy atom. The van der Waals surface area contributed by atoms with E-state index < -0.39 is 17.1 Å². The molecule has 4 unspecified atom stereocenters. The number of hydrogen-bond acceptors (Lipinski definition) is 5. The van der Waals surface area contributed by atoms with Gasteiger partial charge in [-0.2, -0.15) is 0 Å². The number of Topliss-reactive ketones (excluding diaryl/α,β-unsaturated/α-hetero) is 1. The maximum absolute atomic E-state index is 13.0. The fourth-order valence-corrected chi connectivity index (χ4v) is 6.13. The summed E-state index contributed by atoms with van der Waals surface area (Å²) < 4.78 is 0. The molecule has 150 valence electrons. The second-order valence-corrected chi connectivity index (χ2v) is 9.36. The molecule has 3 N–H and O–H groups in total. The Balaban J connectivity index is 1.61. The van der Waals surface area contributed by atoms with Gasteiger partial charge < -0.3 is 15.5 Å². The summed E-state index contributed by atoms with van der Waals surface area (Å²) in [6.07, 6.45) is 4.36. The van der Waals surface area contributed by atoms with Crippen LogP contribution in [0.15, 0.2) is 18.2 Å². The Morgan fingerprint density at radius 1 is 1.36 bits per heavy atom. The van der Waals surface area contributed by atoms with Crippen LogP contribution >= 0.6 is 0 Å². The number of aromatic hydroxyl groups is 1. The quantitative estimate of drug-likeness (QED) is 0.730. The predicted octanol–water partition coefficient (Wildman–Crippen LogP) is 1.27. The standard InChI is InChI=1S/C22H28N2O4/c1-13(25)23-18-10-22(28)20-8-15-4-5-16(26)9-17(15)21(22,11-19(18)27)6-7-24(20)12-14-2-3-14/h4-5,9,14,18,20,26,28H,2-3,6-8,10-12H2,1H3,(H,23,25). The summed E-state index contributed by atoms with van der Waals surface area (Å²) in [7, 11) is 0. The predicted molar refractivity (Wildman–Crippen MR) is 103 cm³/mol. The largest absolute Gasteiger partial charge is 0.508 e. The number of likely N-dealkylation sites (tertiary alicyclic amines) is 1. The molecule has 6 heteroatoms. The van der Waals surface area contributed by atoms with E-state index in [2.05, 4.69) is 10.2 Å². The molecule has 0 spiro atoms. The first kappa shape index (κ1) is 18.1. The highest BCUT2D eigenvalue weighted by molar-refractivity contribution is 5.91. The Hall–Kier alpha value is -1.92. The number of carbonyl (C=O) groups excluding carboxylic acids is 2. The van der Waals surface area contributed by atoms with Gasteiger partial charge in [0.15, 0.2) is 5.78 Å². The van der Waals surface area contributed by atoms with E-state index in [1.54, 1.807) is 12.1 Å². The number of carbonyl (C=O) groups is 2. The molecule has 3 aliphatic carbocycles. The molecule has 1 heterocycles. The number of phenols is 1. The first-order valence-electron chi connectivity index (χ1n) is 10.4. The number of nitrogens with one attached hydrogen (secondary N) is 1. The molecule has 6 nitrogen and oxygen atoms in total. The number of piperidine rings is 1. The van der Waals surface area contributed by atoms with Gasteiger partial charge in [0, 0.05) is 37.8 Å². The van der Waals surface area contributed by atoms with Gasteiger partial charge in [0.2, 0.25) is 5.91 Å². The maximum atomic E-state index is 13.0. The molecule has 0 aromatic heterocycles. The van der Waals surface area contributed by atoms with Gasteiger partial charge in [-0.25, -0.2) is 0 Å². The lowest BCUT2D eigenvalue weighted by atomic mass is 9.48. The number of nitrogens with zero attached hydrogens (tertiary/aromatic N) is 1. The van der Waals surface area contributed by atoms with Gasteiger partial charge >= 0.3 is 0 Å². The first-order valence-corrected chi connectivity index (χ1v) is 10.4. The van der Waals surface area contributed by atoms with E-state index in [1.807, 2.05) is 6.07 Å². The minimum atomic E-state index is -1.10. The minimum Gasteiger partial charge on any atom is -0.508 e. The highest BCUT2D eigenvalue weighted by Crippen LogP contribution is 2.58. The van der Waals surface area contributed by atoms with E-state index in [1.165, 1.54) is 19.8 Å². The van der Waals surface area contributed by atoms with Crippen LogP contribution in [0.1, 0.15) is 50.2 Å². The molecule has 1 aliphatic heterocycles. The minimum absolute atomic E-state index is 0.0227. The van der Waals surface area contributed by atoms with Crippen molar-refractivity contribution in [2.45, 2.75) is 68.5 Å². The van der Waals surface area contributed by atoms with Crippen molar-refractivity contribution in [3.63, 3.8) is 0 Å². The lowest BCUT2D eigenvalue weighted by Gasteiger charge is -2.64. The summed E-state index contributed by atoms with van der Waals surface area (Å²) in [5, 5.41) is 25.1. The molecule has 4 atom stereocenters. The van der Waals surface area contributed by atoms with Gasteiger partial charge in [-0.15, -0.1) is 0 Å². The number of amides is 1. The van der Waals surface area contributed by atoms with Crippen LogP contribution in [0.25, 0.3) is 0 Å². The van der Waals surface area contributed by atoms with Gasteiger partial charge in [0.1, 0.15) is 5.75 Å². The van der Waals surface area contributed by atoms with Crippen molar-refractivity contribution in [1.82, 2.24) is 10.2 Å².